The number of fused-ring (bicyclic) bond motifs is 1. The molecule has 0 fully saturated rings. The van der Waals surface area contributed by atoms with E-state index in [0.29, 0.717) is 16.9 Å². The Bertz CT molecular complexity index is 1600. The zero-order valence-corrected chi connectivity index (χ0v) is 19.1. The Hall–Kier alpha value is -4.58. The molecule has 37 heavy (non-hydrogen) atoms. The van der Waals surface area contributed by atoms with Gasteiger partial charge in [-0.15, -0.1) is 0 Å². The van der Waals surface area contributed by atoms with E-state index in [1.54, 1.807) is 42.5 Å². The van der Waals surface area contributed by atoms with Gasteiger partial charge in [-0.05, 0) is 49.4 Å². The van der Waals surface area contributed by atoms with Gasteiger partial charge < -0.3 is 10.4 Å². The first kappa shape index (κ1) is 24.1. The number of nitrogens with zero attached hydrogens (tertiary/aromatic N) is 4. The number of aliphatic hydroxyl groups is 1. The van der Waals surface area contributed by atoms with E-state index in [4.69, 9.17) is 0 Å². The standard InChI is InChI=1S/C25H18F4N6O2/c1-13(36)19-7-8-21-22(31-19)23(35(34-21)14-5-3-2-4-6-14)32-24(37)16-11-15(20-9-10-30-33-20)17(12-18(16)26)25(27,28)29/h2-13,36H,1H3,(H,30,33)(H,32,37)/t13-/m0/s1. The number of benzene rings is 2. The fourth-order valence-electron chi connectivity index (χ4n) is 3.86. The number of halogens is 4. The lowest BCUT2D eigenvalue weighted by molar-refractivity contribution is -0.137. The van der Waals surface area contributed by atoms with E-state index in [-0.39, 0.29) is 23.1 Å². The molecule has 0 radical (unpaired) electrons. The van der Waals surface area contributed by atoms with Gasteiger partial charge in [-0.2, -0.15) is 23.4 Å². The first-order chi connectivity index (χ1) is 17.6. The second kappa shape index (κ2) is 9.13. The molecule has 0 saturated heterocycles. The number of hydrogen-bond donors (Lipinski definition) is 3. The van der Waals surface area contributed by atoms with Crippen molar-refractivity contribution >= 4 is 22.8 Å². The third-order valence-electron chi connectivity index (χ3n) is 5.63. The van der Waals surface area contributed by atoms with Gasteiger partial charge in [0.25, 0.3) is 5.91 Å². The third-order valence-corrected chi connectivity index (χ3v) is 5.63. The predicted octanol–water partition coefficient (Wildman–Crippen LogP) is 5.27. The highest BCUT2D eigenvalue weighted by molar-refractivity contribution is 6.08. The summed E-state index contributed by atoms with van der Waals surface area (Å²) in [5.74, 6) is -2.34. The van der Waals surface area contributed by atoms with Gasteiger partial charge in [0.15, 0.2) is 5.82 Å². The zero-order chi connectivity index (χ0) is 26.3. The average Bonchev–Trinajstić information content (AvgIpc) is 3.52. The van der Waals surface area contributed by atoms with Crippen molar-refractivity contribution in [2.75, 3.05) is 5.32 Å². The van der Waals surface area contributed by atoms with Gasteiger partial charge in [-0.3, -0.25) is 9.89 Å². The van der Waals surface area contributed by atoms with E-state index < -0.39 is 40.7 Å². The molecule has 2 aromatic carbocycles. The third kappa shape index (κ3) is 4.54. The number of H-pyrrole nitrogens is 1. The minimum Gasteiger partial charge on any atom is -0.387 e. The molecule has 12 heteroatoms. The van der Waals surface area contributed by atoms with Crippen molar-refractivity contribution < 1.29 is 27.5 Å². The molecule has 0 spiro atoms. The second-order valence-corrected chi connectivity index (χ2v) is 8.16. The van der Waals surface area contributed by atoms with Crippen LogP contribution in [0.25, 0.3) is 28.0 Å². The summed E-state index contributed by atoms with van der Waals surface area (Å²) in [6.07, 6.45) is -4.49. The van der Waals surface area contributed by atoms with E-state index in [1.165, 1.54) is 23.9 Å². The van der Waals surface area contributed by atoms with Gasteiger partial charge in [-0.1, -0.05) is 18.2 Å². The first-order valence-electron chi connectivity index (χ1n) is 11.0. The number of anilines is 1. The van der Waals surface area contributed by atoms with Gasteiger partial charge in [-0.25, -0.2) is 14.1 Å². The molecule has 5 rings (SSSR count). The Kier molecular flexibility index (Phi) is 5.96. The molecule has 188 valence electrons. The number of amides is 1. The topological polar surface area (TPSA) is 109 Å². The van der Waals surface area contributed by atoms with E-state index in [9.17, 15) is 27.5 Å². The minimum atomic E-state index is -4.88. The summed E-state index contributed by atoms with van der Waals surface area (Å²) in [6, 6.07) is 14.2. The molecule has 0 aliphatic carbocycles. The molecule has 3 heterocycles. The fourth-order valence-corrected chi connectivity index (χ4v) is 3.86. The highest BCUT2D eigenvalue weighted by Gasteiger charge is 2.36. The van der Waals surface area contributed by atoms with Crippen molar-refractivity contribution in [3.63, 3.8) is 0 Å². The molecule has 0 saturated carbocycles. The number of aromatic amines is 1. The van der Waals surface area contributed by atoms with Gasteiger partial charge in [0.2, 0.25) is 0 Å². The summed E-state index contributed by atoms with van der Waals surface area (Å²) in [7, 11) is 0. The van der Waals surface area contributed by atoms with Crippen molar-refractivity contribution in [1.29, 1.82) is 0 Å². The van der Waals surface area contributed by atoms with E-state index in [1.807, 2.05) is 0 Å². The van der Waals surface area contributed by atoms with E-state index in [0.717, 1.165) is 6.07 Å². The predicted molar refractivity (Wildman–Crippen MR) is 126 cm³/mol. The number of carbonyl (C=O) groups excluding carboxylic acids is 1. The molecule has 5 aromatic rings. The largest absolute Gasteiger partial charge is 0.417 e. The fraction of sp³-hybridized carbons (Fsp3) is 0.120. The van der Waals surface area contributed by atoms with Crippen molar-refractivity contribution in [2.24, 2.45) is 0 Å². The van der Waals surface area contributed by atoms with Crippen LogP contribution in [-0.4, -0.2) is 36.0 Å². The Morgan fingerprint density at radius 3 is 2.51 bits per heavy atom. The van der Waals surface area contributed by atoms with E-state index in [2.05, 4.69) is 25.6 Å². The Morgan fingerprint density at radius 1 is 1.11 bits per heavy atom. The van der Waals surface area contributed by atoms with Crippen LogP contribution in [-0.2, 0) is 6.18 Å². The average molecular weight is 510 g/mol. The first-order valence-corrected chi connectivity index (χ1v) is 11.0. The number of rotatable bonds is 5. The van der Waals surface area contributed by atoms with Crippen LogP contribution in [0.15, 0.2) is 66.9 Å². The summed E-state index contributed by atoms with van der Waals surface area (Å²) in [4.78, 5) is 17.7. The number of alkyl halides is 3. The summed E-state index contributed by atoms with van der Waals surface area (Å²) in [5.41, 5.74) is -1.05. The monoisotopic (exact) mass is 510 g/mol. The Morgan fingerprint density at radius 2 is 1.86 bits per heavy atom. The van der Waals surface area contributed by atoms with Crippen LogP contribution in [0.3, 0.4) is 0 Å². The molecule has 3 N–H and O–H groups in total. The van der Waals surface area contributed by atoms with Crippen LogP contribution in [0.4, 0.5) is 23.4 Å². The molecule has 0 aliphatic heterocycles. The lowest BCUT2D eigenvalue weighted by atomic mass is 9.99. The van der Waals surface area contributed by atoms with Crippen molar-refractivity contribution in [2.45, 2.75) is 19.2 Å². The normalized spacial score (nSPS) is 12.6. The van der Waals surface area contributed by atoms with Gasteiger partial charge >= 0.3 is 6.18 Å². The maximum Gasteiger partial charge on any atom is 0.417 e. The zero-order valence-electron chi connectivity index (χ0n) is 19.1. The molecule has 1 atom stereocenters. The maximum atomic E-state index is 14.9. The van der Waals surface area contributed by atoms with Crippen molar-refractivity contribution in [1.82, 2.24) is 25.0 Å². The maximum absolute atomic E-state index is 14.9. The summed E-state index contributed by atoms with van der Waals surface area (Å²) in [6.45, 7) is 1.52. The van der Waals surface area contributed by atoms with Crippen molar-refractivity contribution in [3.05, 3.63) is 89.5 Å². The number of nitrogens with one attached hydrogen (secondary N) is 2. The van der Waals surface area contributed by atoms with Crippen LogP contribution >= 0.6 is 0 Å². The van der Waals surface area contributed by atoms with Crippen molar-refractivity contribution in [3.8, 4) is 16.9 Å². The SMILES string of the molecule is C[C@H](O)c1ccc2nn(-c3ccccc3)c(NC(=O)c3cc(-c4cc[nH]n4)c(C(F)(F)F)cc3F)c2n1. The number of carbonyl (C=O) groups is 1. The van der Waals surface area contributed by atoms with Gasteiger partial charge in [0.05, 0.1) is 34.3 Å². The highest BCUT2D eigenvalue weighted by atomic mass is 19.4. The van der Waals surface area contributed by atoms with Gasteiger partial charge in [0, 0.05) is 11.8 Å². The Labute approximate surface area is 206 Å². The van der Waals surface area contributed by atoms with Crippen LogP contribution < -0.4 is 5.32 Å². The van der Waals surface area contributed by atoms with Crippen LogP contribution in [0, 0.1) is 5.82 Å². The molecule has 0 unspecified atom stereocenters. The van der Waals surface area contributed by atoms with Gasteiger partial charge in [0.1, 0.15) is 16.9 Å². The smallest absolute Gasteiger partial charge is 0.387 e. The van der Waals surface area contributed by atoms with Crippen LogP contribution in [0.2, 0.25) is 0 Å². The number of aromatic nitrogens is 5. The molecule has 0 bridgehead atoms. The molecule has 3 aromatic heterocycles. The summed E-state index contributed by atoms with van der Waals surface area (Å²) >= 11 is 0. The Balaban J connectivity index is 1.65. The molecular weight excluding hydrogens is 492 g/mol. The molecule has 1 amide bonds. The minimum absolute atomic E-state index is 0.0503. The summed E-state index contributed by atoms with van der Waals surface area (Å²) in [5, 5.41) is 23.2. The second-order valence-electron chi connectivity index (χ2n) is 8.16. The van der Waals surface area contributed by atoms with E-state index >= 15 is 0 Å². The number of pyridine rings is 1. The molecule has 8 nitrogen and oxygen atoms in total. The van der Waals surface area contributed by atoms with Crippen LogP contribution in [0.1, 0.15) is 34.6 Å². The highest BCUT2D eigenvalue weighted by Crippen LogP contribution is 2.38. The van der Waals surface area contributed by atoms with Crippen LogP contribution in [0.5, 0.6) is 0 Å². The molecular formula is C25H18F4N6O2. The molecule has 0 aliphatic rings. The quantitative estimate of drug-likeness (QED) is 0.279. The number of para-hydroxylation sites is 1. The number of hydrogen-bond acceptors (Lipinski definition) is 5. The summed E-state index contributed by atoms with van der Waals surface area (Å²) < 4.78 is 57.2. The lowest BCUT2D eigenvalue weighted by Gasteiger charge is -2.15. The number of aliphatic hydroxyl groups excluding tert-OH is 1. The lowest BCUT2D eigenvalue weighted by Crippen LogP contribution is -2.18.